The lowest BCUT2D eigenvalue weighted by Gasteiger charge is -2.28. The van der Waals surface area contributed by atoms with Crippen LogP contribution in [0.3, 0.4) is 0 Å². The van der Waals surface area contributed by atoms with E-state index in [1.807, 2.05) is 0 Å². The van der Waals surface area contributed by atoms with Crippen LogP contribution in [0.15, 0.2) is 18.2 Å². The summed E-state index contributed by atoms with van der Waals surface area (Å²) >= 11 is 12.0. The van der Waals surface area contributed by atoms with Gasteiger partial charge in [0, 0.05) is 19.3 Å². The van der Waals surface area contributed by atoms with Gasteiger partial charge in [0.15, 0.2) is 0 Å². The summed E-state index contributed by atoms with van der Waals surface area (Å²) in [5.74, 6) is 0.402. The van der Waals surface area contributed by atoms with Crippen molar-refractivity contribution < 1.29 is 9.53 Å². The molecule has 1 aliphatic rings. The monoisotopic (exact) mass is 330 g/mol. The molecule has 1 aromatic carbocycles. The van der Waals surface area contributed by atoms with Gasteiger partial charge < -0.3 is 15.4 Å². The number of carbonyl (C=O) groups is 1. The number of rotatable bonds is 5. The van der Waals surface area contributed by atoms with Crippen LogP contribution in [0.25, 0.3) is 0 Å². The molecule has 21 heavy (non-hydrogen) atoms. The SMILES string of the molecule is CC(NCC(=O)Nc1c(Cl)cccc1Cl)C1CCOCC1. The summed E-state index contributed by atoms with van der Waals surface area (Å²) in [6, 6.07) is 5.41. The van der Waals surface area contributed by atoms with E-state index in [4.69, 9.17) is 27.9 Å². The number of halogens is 2. The molecule has 1 heterocycles. The third kappa shape index (κ3) is 4.85. The van der Waals surface area contributed by atoms with Gasteiger partial charge in [0.05, 0.1) is 22.3 Å². The zero-order chi connectivity index (χ0) is 15.2. The van der Waals surface area contributed by atoms with Gasteiger partial charge in [-0.15, -0.1) is 0 Å². The number of nitrogens with one attached hydrogen (secondary N) is 2. The summed E-state index contributed by atoms with van der Waals surface area (Å²) in [5, 5.41) is 6.88. The van der Waals surface area contributed by atoms with Crippen molar-refractivity contribution in [2.24, 2.45) is 5.92 Å². The first kappa shape index (κ1) is 16.6. The number of carbonyl (C=O) groups excluding carboxylic acids is 1. The molecule has 1 aliphatic heterocycles. The van der Waals surface area contributed by atoms with Gasteiger partial charge in [-0.2, -0.15) is 0 Å². The second-order valence-electron chi connectivity index (χ2n) is 5.26. The fourth-order valence-electron chi connectivity index (χ4n) is 2.44. The highest BCUT2D eigenvalue weighted by Crippen LogP contribution is 2.29. The molecule has 1 saturated heterocycles. The van der Waals surface area contributed by atoms with E-state index < -0.39 is 0 Å². The predicted octanol–water partition coefficient (Wildman–Crippen LogP) is 3.34. The molecule has 4 nitrogen and oxygen atoms in total. The average molecular weight is 331 g/mol. The molecule has 0 spiro atoms. The first-order valence-electron chi connectivity index (χ1n) is 7.13. The number of benzene rings is 1. The minimum absolute atomic E-state index is 0.149. The number of amides is 1. The summed E-state index contributed by atoms with van der Waals surface area (Å²) < 4.78 is 5.34. The average Bonchev–Trinajstić information content (AvgIpc) is 2.49. The van der Waals surface area contributed by atoms with Gasteiger partial charge in [-0.1, -0.05) is 29.3 Å². The van der Waals surface area contributed by atoms with Gasteiger partial charge in [0.1, 0.15) is 0 Å². The lowest BCUT2D eigenvalue weighted by atomic mass is 9.93. The molecular formula is C15H20Cl2N2O2. The van der Waals surface area contributed by atoms with Crippen LogP contribution in [0.1, 0.15) is 19.8 Å². The maximum absolute atomic E-state index is 12.0. The minimum Gasteiger partial charge on any atom is -0.381 e. The van der Waals surface area contributed by atoms with Gasteiger partial charge in [-0.3, -0.25) is 4.79 Å². The fourth-order valence-corrected chi connectivity index (χ4v) is 2.93. The van der Waals surface area contributed by atoms with Crippen molar-refractivity contribution >= 4 is 34.8 Å². The molecule has 6 heteroatoms. The maximum atomic E-state index is 12.0. The van der Waals surface area contributed by atoms with Gasteiger partial charge in [0.25, 0.3) is 0 Å². The van der Waals surface area contributed by atoms with Gasteiger partial charge in [-0.05, 0) is 37.8 Å². The van der Waals surface area contributed by atoms with Crippen LogP contribution in [-0.2, 0) is 9.53 Å². The van der Waals surface area contributed by atoms with E-state index >= 15 is 0 Å². The van der Waals surface area contributed by atoms with Crippen molar-refractivity contribution in [1.82, 2.24) is 5.32 Å². The van der Waals surface area contributed by atoms with Gasteiger partial charge in [0.2, 0.25) is 5.91 Å². The zero-order valence-electron chi connectivity index (χ0n) is 12.0. The third-order valence-corrected chi connectivity index (χ3v) is 4.41. The normalized spacial score (nSPS) is 17.5. The highest BCUT2D eigenvalue weighted by molar-refractivity contribution is 6.39. The molecule has 116 valence electrons. The highest BCUT2D eigenvalue weighted by Gasteiger charge is 2.20. The van der Waals surface area contributed by atoms with Crippen LogP contribution in [0, 0.1) is 5.92 Å². The molecule has 1 amide bonds. The van der Waals surface area contributed by atoms with E-state index in [1.165, 1.54) is 0 Å². The summed E-state index contributed by atoms with van der Waals surface area (Å²) in [4.78, 5) is 12.0. The van der Waals surface area contributed by atoms with Crippen molar-refractivity contribution in [3.8, 4) is 0 Å². The maximum Gasteiger partial charge on any atom is 0.238 e. The standard InChI is InChI=1S/C15H20Cl2N2O2/c1-10(11-5-7-21-8-6-11)18-9-14(20)19-15-12(16)3-2-4-13(15)17/h2-4,10-11,18H,5-9H2,1H3,(H,19,20). The second-order valence-corrected chi connectivity index (χ2v) is 6.08. The molecule has 1 fully saturated rings. The van der Waals surface area contributed by atoms with E-state index in [0.717, 1.165) is 26.1 Å². The molecule has 0 bridgehead atoms. The second kappa shape index (κ2) is 7.99. The Bertz CT molecular complexity index is 470. The van der Waals surface area contributed by atoms with E-state index in [-0.39, 0.29) is 18.5 Å². The molecule has 1 unspecified atom stereocenters. The molecule has 0 saturated carbocycles. The highest BCUT2D eigenvalue weighted by atomic mass is 35.5. The van der Waals surface area contributed by atoms with Crippen molar-refractivity contribution in [3.05, 3.63) is 28.2 Å². The fraction of sp³-hybridized carbons (Fsp3) is 0.533. The first-order chi connectivity index (χ1) is 10.1. The Morgan fingerprint density at radius 1 is 1.33 bits per heavy atom. The van der Waals surface area contributed by atoms with Crippen molar-refractivity contribution in [1.29, 1.82) is 0 Å². The Hall–Kier alpha value is -0.810. The van der Waals surface area contributed by atoms with Crippen molar-refractivity contribution in [2.45, 2.75) is 25.8 Å². The van der Waals surface area contributed by atoms with E-state index in [9.17, 15) is 4.79 Å². The lowest BCUT2D eigenvalue weighted by molar-refractivity contribution is -0.115. The first-order valence-corrected chi connectivity index (χ1v) is 7.88. The number of anilines is 1. The Balaban J connectivity index is 1.82. The molecule has 0 aromatic heterocycles. The van der Waals surface area contributed by atoms with E-state index in [0.29, 0.717) is 21.7 Å². The third-order valence-electron chi connectivity index (χ3n) is 3.78. The van der Waals surface area contributed by atoms with Crippen LogP contribution >= 0.6 is 23.2 Å². The zero-order valence-corrected chi connectivity index (χ0v) is 13.5. The Morgan fingerprint density at radius 3 is 2.57 bits per heavy atom. The molecule has 2 rings (SSSR count). The van der Waals surface area contributed by atoms with Crippen molar-refractivity contribution in [2.75, 3.05) is 25.1 Å². The summed E-state index contributed by atoms with van der Waals surface area (Å²) in [6.45, 7) is 3.95. The quantitative estimate of drug-likeness (QED) is 0.870. The van der Waals surface area contributed by atoms with Crippen LogP contribution in [-0.4, -0.2) is 31.7 Å². The number of hydrogen-bond acceptors (Lipinski definition) is 3. The van der Waals surface area contributed by atoms with Gasteiger partial charge >= 0.3 is 0 Å². The topological polar surface area (TPSA) is 50.4 Å². The molecular weight excluding hydrogens is 311 g/mol. The summed E-state index contributed by atoms with van der Waals surface area (Å²) in [5.41, 5.74) is 0.464. The Labute approximate surface area is 135 Å². The van der Waals surface area contributed by atoms with Crippen LogP contribution in [0.4, 0.5) is 5.69 Å². The van der Waals surface area contributed by atoms with E-state index in [1.54, 1.807) is 18.2 Å². The molecule has 1 atom stereocenters. The Morgan fingerprint density at radius 2 is 1.95 bits per heavy atom. The molecule has 2 N–H and O–H groups in total. The van der Waals surface area contributed by atoms with Crippen LogP contribution in [0.2, 0.25) is 10.0 Å². The number of para-hydroxylation sites is 1. The summed E-state index contributed by atoms with van der Waals surface area (Å²) in [6.07, 6.45) is 2.07. The van der Waals surface area contributed by atoms with Crippen LogP contribution in [0.5, 0.6) is 0 Å². The Kier molecular flexibility index (Phi) is 6.30. The molecule has 0 aliphatic carbocycles. The molecule has 1 aromatic rings. The lowest BCUT2D eigenvalue weighted by Crippen LogP contribution is -2.40. The number of ether oxygens (including phenoxy) is 1. The predicted molar refractivity (Wildman–Crippen MR) is 86.1 cm³/mol. The number of hydrogen-bond donors (Lipinski definition) is 2. The van der Waals surface area contributed by atoms with Gasteiger partial charge in [-0.25, -0.2) is 0 Å². The van der Waals surface area contributed by atoms with Crippen molar-refractivity contribution in [3.63, 3.8) is 0 Å². The van der Waals surface area contributed by atoms with Crippen LogP contribution < -0.4 is 10.6 Å². The minimum atomic E-state index is -0.149. The van der Waals surface area contributed by atoms with E-state index in [2.05, 4.69) is 17.6 Å². The molecule has 0 radical (unpaired) electrons. The summed E-state index contributed by atoms with van der Waals surface area (Å²) in [7, 11) is 0. The smallest absolute Gasteiger partial charge is 0.238 e. The largest absolute Gasteiger partial charge is 0.381 e.